The quantitative estimate of drug-likeness (QED) is 0.862. The van der Waals surface area contributed by atoms with Crippen LogP contribution in [0.5, 0.6) is 0 Å². The lowest BCUT2D eigenvalue weighted by molar-refractivity contribution is -0.120. The van der Waals surface area contributed by atoms with Crippen LogP contribution in [-0.2, 0) is 20.6 Å². The van der Waals surface area contributed by atoms with E-state index in [2.05, 4.69) is 5.32 Å². The third-order valence-corrected chi connectivity index (χ3v) is 4.85. The van der Waals surface area contributed by atoms with Gasteiger partial charge >= 0.3 is 0 Å². The minimum Gasteiger partial charge on any atom is -0.355 e. The van der Waals surface area contributed by atoms with Crippen LogP contribution in [0.15, 0.2) is 24.3 Å². The van der Waals surface area contributed by atoms with Crippen LogP contribution in [0.4, 0.5) is 0 Å². The standard InChI is InChI=1S/C13H15N3O3S/c14-8-11-2-4-12(5-3-11)10-20(18,19)16-7-1-6-15-13(17)9-16/h2-5H,1,6-7,9-10H2,(H,15,17). The number of nitrogens with zero attached hydrogens (tertiary/aromatic N) is 2. The number of carbonyl (C=O) groups excluding carboxylic acids is 1. The Morgan fingerprint density at radius 2 is 2.00 bits per heavy atom. The van der Waals surface area contributed by atoms with E-state index in [-0.39, 0.29) is 18.2 Å². The van der Waals surface area contributed by atoms with Gasteiger partial charge in [-0.25, -0.2) is 8.42 Å². The average molecular weight is 293 g/mol. The topological polar surface area (TPSA) is 90.3 Å². The second-order valence-corrected chi connectivity index (χ2v) is 6.57. The van der Waals surface area contributed by atoms with Gasteiger partial charge in [0.05, 0.1) is 23.9 Å². The van der Waals surface area contributed by atoms with Gasteiger partial charge in [0.1, 0.15) is 0 Å². The summed E-state index contributed by atoms with van der Waals surface area (Å²) in [6.45, 7) is 0.720. The van der Waals surface area contributed by atoms with Crippen molar-refractivity contribution in [2.75, 3.05) is 19.6 Å². The van der Waals surface area contributed by atoms with Crippen LogP contribution in [0.3, 0.4) is 0 Å². The van der Waals surface area contributed by atoms with Crippen molar-refractivity contribution < 1.29 is 13.2 Å². The summed E-state index contributed by atoms with van der Waals surface area (Å²) in [5, 5.41) is 11.3. The Balaban J connectivity index is 2.13. The first-order valence-electron chi connectivity index (χ1n) is 6.25. The normalized spacial score (nSPS) is 17.1. The van der Waals surface area contributed by atoms with Gasteiger partial charge in [-0.2, -0.15) is 9.57 Å². The lowest BCUT2D eigenvalue weighted by atomic mass is 10.2. The van der Waals surface area contributed by atoms with E-state index in [1.165, 1.54) is 4.31 Å². The Morgan fingerprint density at radius 1 is 1.30 bits per heavy atom. The predicted molar refractivity (Wildman–Crippen MR) is 73.0 cm³/mol. The molecule has 1 aromatic rings. The molecule has 1 N–H and O–H groups in total. The third kappa shape index (κ3) is 3.56. The number of carbonyl (C=O) groups is 1. The molecule has 1 aliphatic rings. The zero-order valence-corrected chi connectivity index (χ0v) is 11.7. The maximum Gasteiger partial charge on any atom is 0.235 e. The van der Waals surface area contributed by atoms with Crippen molar-refractivity contribution in [1.29, 1.82) is 5.26 Å². The molecule has 1 amide bonds. The zero-order chi connectivity index (χ0) is 14.6. The van der Waals surface area contributed by atoms with Crippen molar-refractivity contribution >= 4 is 15.9 Å². The number of rotatable bonds is 3. The molecular formula is C13H15N3O3S. The number of hydrogen-bond donors (Lipinski definition) is 1. The molecule has 0 atom stereocenters. The van der Waals surface area contributed by atoms with Crippen molar-refractivity contribution in [2.45, 2.75) is 12.2 Å². The lowest BCUT2D eigenvalue weighted by Gasteiger charge is -2.18. The Bertz CT molecular complexity index is 632. The monoisotopic (exact) mass is 293 g/mol. The van der Waals surface area contributed by atoms with Gasteiger partial charge in [-0.05, 0) is 24.1 Å². The van der Waals surface area contributed by atoms with E-state index in [4.69, 9.17) is 5.26 Å². The Hall–Kier alpha value is -1.91. The van der Waals surface area contributed by atoms with Crippen molar-refractivity contribution in [1.82, 2.24) is 9.62 Å². The second kappa shape index (κ2) is 6.03. The van der Waals surface area contributed by atoms with Gasteiger partial charge < -0.3 is 5.32 Å². The van der Waals surface area contributed by atoms with Crippen LogP contribution in [0.1, 0.15) is 17.5 Å². The molecule has 0 bridgehead atoms. The van der Waals surface area contributed by atoms with Crippen LogP contribution in [0, 0.1) is 11.3 Å². The maximum atomic E-state index is 12.3. The fourth-order valence-corrected chi connectivity index (χ4v) is 3.51. The van der Waals surface area contributed by atoms with Gasteiger partial charge in [0, 0.05) is 13.1 Å². The lowest BCUT2D eigenvalue weighted by Crippen LogP contribution is -2.38. The van der Waals surface area contributed by atoms with Crippen LogP contribution < -0.4 is 5.32 Å². The summed E-state index contributed by atoms with van der Waals surface area (Å²) in [5.41, 5.74) is 1.09. The molecule has 1 aliphatic heterocycles. The van der Waals surface area contributed by atoms with Gasteiger partial charge in [-0.1, -0.05) is 12.1 Å². The van der Waals surface area contributed by atoms with Gasteiger partial charge in [0.15, 0.2) is 0 Å². The van der Waals surface area contributed by atoms with Crippen molar-refractivity contribution in [3.05, 3.63) is 35.4 Å². The largest absolute Gasteiger partial charge is 0.355 e. The van der Waals surface area contributed by atoms with Crippen LogP contribution in [0.2, 0.25) is 0 Å². The SMILES string of the molecule is N#Cc1ccc(CS(=O)(=O)N2CCCNC(=O)C2)cc1. The van der Waals surface area contributed by atoms with Gasteiger partial charge in [0.25, 0.3) is 0 Å². The number of nitriles is 1. The van der Waals surface area contributed by atoms with E-state index in [1.54, 1.807) is 24.3 Å². The minimum atomic E-state index is -3.52. The fourth-order valence-electron chi connectivity index (χ4n) is 1.99. The smallest absolute Gasteiger partial charge is 0.235 e. The molecule has 0 radical (unpaired) electrons. The molecule has 1 heterocycles. The number of nitrogens with one attached hydrogen (secondary N) is 1. The van der Waals surface area contributed by atoms with E-state index in [0.717, 1.165) is 0 Å². The molecule has 6 nitrogen and oxygen atoms in total. The maximum absolute atomic E-state index is 12.3. The number of sulfonamides is 1. The molecular weight excluding hydrogens is 278 g/mol. The van der Waals surface area contributed by atoms with Crippen molar-refractivity contribution in [2.24, 2.45) is 0 Å². The molecule has 7 heteroatoms. The van der Waals surface area contributed by atoms with Crippen LogP contribution in [-0.4, -0.2) is 38.3 Å². The third-order valence-electron chi connectivity index (χ3n) is 3.05. The molecule has 1 aromatic carbocycles. The highest BCUT2D eigenvalue weighted by atomic mass is 32.2. The van der Waals surface area contributed by atoms with Gasteiger partial charge in [0.2, 0.25) is 15.9 Å². The van der Waals surface area contributed by atoms with Crippen LogP contribution in [0.25, 0.3) is 0 Å². The van der Waals surface area contributed by atoms with Crippen LogP contribution >= 0.6 is 0 Å². The van der Waals surface area contributed by atoms with Gasteiger partial charge in [-0.3, -0.25) is 4.79 Å². The van der Waals surface area contributed by atoms with E-state index in [0.29, 0.717) is 30.6 Å². The number of amides is 1. The fraction of sp³-hybridized carbons (Fsp3) is 0.385. The summed E-state index contributed by atoms with van der Waals surface area (Å²) in [4.78, 5) is 11.4. The highest BCUT2D eigenvalue weighted by Gasteiger charge is 2.26. The molecule has 0 unspecified atom stereocenters. The number of benzene rings is 1. The molecule has 106 valence electrons. The Kier molecular flexibility index (Phi) is 4.37. The summed E-state index contributed by atoms with van der Waals surface area (Å²) >= 11 is 0. The summed E-state index contributed by atoms with van der Waals surface area (Å²) in [7, 11) is -3.52. The average Bonchev–Trinajstić information content (AvgIpc) is 2.64. The zero-order valence-electron chi connectivity index (χ0n) is 10.9. The van der Waals surface area contributed by atoms with Gasteiger partial charge in [-0.15, -0.1) is 0 Å². The first-order chi connectivity index (χ1) is 9.51. The Labute approximate surface area is 118 Å². The molecule has 1 fully saturated rings. The summed E-state index contributed by atoms with van der Waals surface area (Å²) in [6, 6.07) is 8.39. The summed E-state index contributed by atoms with van der Waals surface area (Å²) in [5.74, 6) is -0.433. The molecule has 1 saturated heterocycles. The predicted octanol–water partition coefficient (Wildman–Crippen LogP) is 0.210. The van der Waals surface area contributed by atoms with E-state index in [1.807, 2.05) is 6.07 Å². The van der Waals surface area contributed by atoms with E-state index < -0.39 is 10.0 Å². The summed E-state index contributed by atoms with van der Waals surface area (Å²) < 4.78 is 25.8. The van der Waals surface area contributed by atoms with E-state index in [9.17, 15) is 13.2 Å². The number of hydrogen-bond acceptors (Lipinski definition) is 4. The summed E-state index contributed by atoms with van der Waals surface area (Å²) in [6.07, 6.45) is 0.609. The molecule has 0 saturated carbocycles. The molecule has 0 aliphatic carbocycles. The minimum absolute atomic E-state index is 0.126. The molecule has 0 aromatic heterocycles. The highest BCUT2D eigenvalue weighted by Crippen LogP contribution is 2.13. The highest BCUT2D eigenvalue weighted by molar-refractivity contribution is 7.88. The Morgan fingerprint density at radius 3 is 2.65 bits per heavy atom. The molecule has 20 heavy (non-hydrogen) atoms. The van der Waals surface area contributed by atoms with Crippen molar-refractivity contribution in [3.63, 3.8) is 0 Å². The second-order valence-electron chi connectivity index (χ2n) is 4.60. The first kappa shape index (κ1) is 14.5. The first-order valence-corrected chi connectivity index (χ1v) is 7.86. The van der Waals surface area contributed by atoms with Crippen molar-refractivity contribution in [3.8, 4) is 6.07 Å². The molecule has 2 rings (SSSR count). The van der Waals surface area contributed by atoms with E-state index >= 15 is 0 Å². The molecule has 0 spiro atoms.